The van der Waals surface area contributed by atoms with E-state index < -0.39 is 0 Å². The van der Waals surface area contributed by atoms with Crippen LogP contribution in [0.15, 0.2) is 12.1 Å². The lowest BCUT2D eigenvalue weighted by molar-refractivity contribution is 1.14. The number of benzene rings is 1. The Labute approximate surface area is 89.5 Å². The first-order valence-electron chi connectivity index (χ1n) is 4.10. The molecule has 0 saturated heterocycles. The smallest absolute Gasteiger partial charge is 0.0712 e. The van der Waals surface area contributed by atoms with Crippen LogP contribution in [0.5, 0.6) is 0 Å². The van der Waals surface area contributed by atoms with Crippen LogP contribution >= 0.6 is 25.3 Å². The van der Waals surface area contributed by atoms with Crippen LogP contribution in [0, 0.1) is 0 Å². The van der Waals surface area contributed by atoms with E-state index in [4.69, 9.17) is 11.5 Å². The fourth-order valence-electron chi connectivity index (χ4n) is 1.32. The van der Waals surface area contributed by atoms with Crippen molar-refractivity contribution >= 4 is 36.6 Å². The van der Waals surface area contributed by atoms with Gasteiger partial charge in [0.1, 0.15) is 0 Å². The van der Waals surface area contributed by atoms with Gasteiger partial charge in [-0.3, -0.25) is 0 Å². The fourth-order valence-corrected chi connectivity index (χ4v) is 1.77. The quantitative estimate of drug-likeness (QED) is 0.347. The maximum absolute atomic E-state index is 5.92. The van der Waals surface area contributed by atoms with Crippen LogP contribution in [0.1, 0.15) is 22.6 Å². The van der Waals surface area contributed by atoms with Gasteiger partial charge >= 0.3 is 0 Å². The lowest BCUT2D eigenvalue weighted by Crippen LogP contribution is -2.03. The van der Waals surface area contributed by atoms with Crippen molar-refractivity contribution in [1.29, 1.82) is 0 Å². The highest BCUT2D eigenvalue weighted by Gasteiger charge is 2.10. The molecular weight excluding hydrogens is 200 g/mol. The van der Waals surface area contributed by atoms with Crippen molar-refractivity contribution in [2.75, 3.05) is 11.5 Å². The second-order valence-electron chi connectivity index (χ2n) is 2.86. The predicted octanol–water partition coefficient (Wildman–Crippen LogP) is 2.27. The van der Waals surface area contributed by atoms with Crippen molar-refractivity contribution in [3.63, 3.8) is 0 Å². The van der Waals surface area contributed by atoms with Crippen molar-refractivity contribution in [3.8, 4) is 0 Å². The fraction of sp³-hybridized carbons (Fsp3) is 0.333. The Morgan fingerprint density at radius 3 is 2.38 bits per heavy atom. The van der Waals surface area contributed by atoms with Gasteiger partial charge in [-0.25, -0.2) is 0 Å². The molecule has 2 nitrogen and oxygen atoms in total. The SMILES string of the molecule is CCc1c(N)ccc(C(S)S)c1N. The zero-order valence-electron chi connectivity index (χ0n) is 7.49. The molecule has 0 saturated carbocycles. The molecule has 0 aliphatic heterocycles. The maximum Gasteiger partial charge on any atom is 0.0712 e. The van der Waals surface area contributed by atoms with E-state index in [1.807, 2.05) is 19.1 Å². The molecule has 0 fully saturated rings. The molecule has 1 rings (SSSR count). The van der Waals surface area contributed by atoms with Crippen LogP contribution in [0.25, 0.3) is 0 Å². The van der Waals surface area contributed by atoms with Crippen molar-refractivity contribution in [1.82, 2.24) is 0 Å². The molecule has 0 aliphatic rings. The molecule has 0 unspecified atom stereocenters. The van der Waals surface area contributed by atoms with Crippen LogP contribution in [-0.2, 0) is 6.42 Å². The second-order valence-corrected chi connectivity index (χ2v) is 4.30. The Hall–Kier alpha value is -0.480. The number of nitrogen functional groups attached to an aromatic ring is 2. The summed E-state index contributed by atoms with van der Waals surface area (Å²) < 4.78 is -0.147. The molecule has 4 heteroatoms. The number of hydrogen-bond acceptors (Lipinski definition) is 4. The molecule has 0 atom stereocenters. The monoisotopic (exact) mass is 214 g/mol. The summed E-state index contributed by atoms with van der Waals surface area (Å²) in [6, 6.07) is 3.72. The van der Waals surface area contributed by atoms with Crippen LogP contribution in [0.4, 0.5) is 11.4 Å². The second kappa shape index (κ2) is 4.15. The third-order valence-electron chi connectivity index (χ3n) is 2.06. The van der Waals surface area contributed by atoms with E-state index in [1.54, 1.807) is 0 Å². The Morgan fingerprint density at radius 1 is 1.31 bits per heavy atom. The van der Waals surface area contributed by atoms with Crippen molar-refractivity contribution < 1.29 is 0 Å². The summed E-state index contributed by atoms with van der Waals surface area (Å²) in [7, 11) is 0. The minimum absolute atomic E-state index is 0.147. The average Bonchev–Trinajstić information content (AvgIpc) is 2.04. The molecule has 0 heterocycles. The minimum Gasteiger partial charge on any atom is -0.398 e. The highest BCUT2D eigenvalue weighted by atomic mass is 32.2. The van der Waals surface area contributed by atoms with Crippen molar-refractivity contribution in [2.24, 2.45) is 0 Å². The first kappa shape index (κ1) is 10.6. The van der Waals surface area contributed by atoms with E-state index >= 15 is 0 Å². The highest BCUT2D eigenvalue weighted by Crippen LogP contribution is 2.33. The number of nitrogens with two attached hydrogens (primary N) is 2. The number of rotatable bonds is 2. The van der Waals surface area contributed by atoms with Gasteiger partial charge in [0.05, 0.1) is 4.58 Å². The largest absolute Gasteiger partial charge is 0.398 e. The molecule has 0 aliphatic carbocycles. The summed E-state index contributed by atoms with van der Waals surface area (Å²) in [5.41, 5.74) is 15.1. The van der Waals surface area contributed by atoms with Crippen molar-refractivity contribution in [3.05, 3.63) is 23.3 Å². The third kappa shape index (κ3) is 2.06. The molecule has 0 amide bonds. The first-order valence-corrected chi connectivity index (χ1v) is 5.14. The topological polar surface area (TPSA) is 52.0 Å². The van der Waals surface area contributed by atoms with E-state index in [1.165, 1.54) is 0 Å². The van der Waals surface area contributed by atoms with Gasteiger partial charge in [-0.2, -0.15) is 25.3 Å². The van der Waals surface area contributed by atoms with Gasteiger partial charge < -0.3 is 11.5 Å². The van der Waals surface area contributed by atoms with Gasteiger partial charge in [0.2, 0.25) is 0 Å². The summed E-state index contributed by atoms with van der Waals surface area (Å²) in [5, 5.41) is 0. The lowest BCUT2D eigenvalue weighted by Gasteiger charge is -2.13. The average molecular weight is 214 g/mol. The Kier molecular flexibility index (Phi) is 3.39. The minimum atomic E-state index is -0.147. The van der Waals surface area contributed by atoms with Crippen LogP contribution in [-0.4, -0.2) is 0 Å². The highest BCUT2D eigenvalue weighted by molar-refractivity contribution is 7.98. The molecule has 72 valence electrons. The summed E-state index contributed by atoms with van der Waals surface area (Å²) in [5.74, 6) is 0. The normalized spacial score (nSPS) is 10.8. The zero-order chi connectivity index (χ0) is 10.0. The summed E-state index contributed by atoms with van der Waals surface area (Å²) >= 11 is 8.44. The summed E-state index contributed by atoms with van der Waals surface area (Å²) in [4.78, 5) is 0. The molecule has 1 aromatic carbocycles. The Morgan fingerprint density at radius 2 is 1.92 bits per heavy atom. The van der Waals surface area contributed by atoms with Crippen molar-refractivity contribution in [2.45, 2.75) is 17.9 Å². The van der Waals surface area contributed by atoms with Gasteiger partial charge in [0.15, 0.2) is 0 Å². The number of hydrogen-bond donors (Lipinski definition) is 4. The third-order valence-corrected chi connectivity index (χ3v) is 2.62. The van der Waals surface area contributed by atoms with E-state index in [0.29, 0.717) is 0 Å². The van der Waals surface area contributed by atoms with Gasteiger partial charge in [-0.1, -0.05) is 13.0 Å². The predicted molar refractivity (Wildman–Crippen MR) is 65.4 cm³/mol. The molecule has 1 aromatic rings. The first-order chi connectivity index (χ1) is 6.07. The van der Waals surface area contributed by atoms with Crippen LogP contribution in [0.2, 0.25) is 0 Å². The molecule has 0 radical (unpaired) electrons. The van der Waals surface area contributed by atoms with Gasteiger partial charge in [-0.15, -0.1) is 0 Å². The molecule has 13 heavy (non-hydrogen) atoms. The Bertz CT molecular complexity index is 311. The van der Waals surface area contributed by atoms with Crippen LogP contribution < -0.4 is 11.5 Å². The zero-order valence-corrected chi connectivity index (χ0v) is 9.28. The number of thiol groups is 2. The van der Waals surface area contributed by atoms with Gasteiger partial charge in [-0.05, 0) is 23.6 Å². The Balaban J connectivity index is 3.27. The lowest BCUT2D eigenvalue weighted by atomic mass is 10.0. The van der Waals surface area contributed by atoms with E-state index in [2.05, 4.69) is 25.3 Å². The van der Waals surface area contributed by atoms with E-state index in [0.717, 1.165) is 28.9 Å². The standard InChI is InChI=1S/C9H14N2S2/c1-2-5-7(10)4-3-6(8(5)11)9(12)13/h3-4,9,12-13H,2,10-11H2,1H3. The summed E-state index contributed by atoms with van der Waals surface area (Å²) in [6.45, 7) is 2.03. The van der Waals surface area contributed by atoms with E-state index in [9.17, 15) is 0 Å². The summed E-state index contributed by atoms with van der Waals surface area (Å²) in [6.07, 6.45) is 0.833. The molecular formula is C9H14N2S2. The van der Waals surface area contributed by atoms with Crippen LogP contribution in [0.3, 0.4) is 0 Å². The van der Waals surface area contributed by atoms with Gasteiger partial charge in [0.25, 0.3) is 0 Å². The maximum atomic E-state index is 5.92. The molecule has 0 spiro atoms. The van der Waals surface area contributed by atoms with E-state index in [-0.39, 0.29) is 4.58 Å². The number of anilines is 2. The molecule has 4 N–H and O–H groups in total. The molecule has 0 aromatic heterocycles. The molecule has 0 bridgehead atoms. The van der Waals surface area contributed by atoms with Gasteiger partial charge in [0, 0.05) is 11.4 Å².